The van der Waals surface area contributed by atoms with Gasteiger partial charge in [-0.05, 0) is 36.7 Å². The molecule has 0 fully saturated rings. The normalized spacial score (nSPS) is 10.5. The Balaban J connectivity index is 2.07. The Labute approximate surface area is 120 Å². The summed E-state index contributed by atoms with van der Waals surface area (Å²) >= 11 is 3.41. The maximum atomic E-state index is 5.51. The summed E-state index contributed by atoms with van der Waals surface area (Å²) < 4.78 is 6.31. The summed E-state index contributed by atoms with van der Waals surface area (Å²) in [6.07, 6.45) is 1.71. The number of nitrogens with one attached hydrogen (secondary N) is 2. The quantitative estimate of drug-likeness (QED) is 0.880. The van der Waals surface area contributed by atoms with Gasteiger partial charge >= 0.3 is 0 Å². The molecule has 2 aromatic heterocycles. The molecule has 2 heterocycles. The van der Waals surface area contributed by atoms with Gasteiger partial charge in [0.1, 0.15) is 11.6 Å². The number of hydrogen-bond donors (Lipinski definition) is 2. The third kappa shape index (κ3) is 3.44. The molecule has 102 valence electrons. The number of halogens is 1. The van der Waals surface area contributed by atoms with Crippen LogP contribution in [0.15, 0.2) is 15.1 Å². The third-order valence-electron chi connectivity index (χ3n) is 2.56. The maximum Gasteiger partial charge on any atom is 0.224 e. The van der Waals surface area contributed by atoms with Crippen LogP contribution < -0.4 is 10.6 Å². The van der Waals surface area contributed by atoms with Crippen LogP contribution in [0.2, 0.25) is 0 Å². The minimum atomic E-state index is 0.482. The van der Waals surface area contributed by atoms with Crippen LogP contribution in [0.25, 0.3) is 0 Å². The summed E-state index contributed by atoms with van der Waals surface area (Å²) in [4.78, 5) is 12.8. The first-order chi connectivity index (χ1) is 9.10. The van der Waals surface area contributed by atoms with E-state index < -0.39 is 0 Å². The lowest BCUT2D eigenvalue weighted by Gasteiger charge is -2.07. The van der Waals surface area contributed by atoms with Gasteiger partial charge in [0.25, 0.3) is 0 Å². The Kier molecular flexibility index (Phi) is 4.36. The Morgan fingerprint density at radius 3 is 2.68 bits per heavy atom. The zero-order valence-electron chi connectivity index (χ0n) is 11.1. The van der Waals surface area contributed by atoms with E-state index in [4.69, 9.17) is 4.42 Å². The highest BCUT2D eigenvalue weighted by Crippen LogP contribution is 2.21. The topological polar surface area (TPSA) is 75.9 Å². The number of hydrogen-bond acceptors (Lipinski definition) is 6. The van der Waals surface area contributed by atoms with E-state index >= 15 is 0 Å². The molecule has 0 unspecified atom stereocenters. The van der Waals surface area contributed by atoms with Crippen molar-refractivity contribution in [3.63, 3.8) is 0 Å². The number of aromatic nitrogens is 3. The first kappa shape index (κ1) is 13.8. The molecular weight excluding hydrogens is 310 g/mol. The number of rotatable bonds is 5. The van der Waals surface area contributed by atoms with Crippen LogP contribution in [0.4, 0.5) is 11.8 Å². The average Bonchev–Trinajstić information content (AvgIpc) is 2.70. The van der Waals surface area contributed by atoms with Crippen molar-refractivity contribution >= 4 is 27.7 Å². The summed E-state index contributed by atoms with van der Waals surface area (Å²) in [7, 11) is 0. The van der Waals surface area contributed by atoms with E-state index in [1.807, 2.05) is 20.8 Å². The summed E-state index contributed by atoms with van der Waals surface area (Å²) in [6.45, 7) is 7.08. The van der Waals surface area contributed by atoms with E-state index in [0.29, 0.717) is 24.2 Å². The fourth-order valence-corrected chi connectivity index (χ4v) is 1.84. The molecule has 0 saturated carbocycles. The van der Waals surface area contributed by atoms with Gasteiger partial charge in [-0.25, -0.2) is 9.97 Å². The van der Waals surface area contributed by atoms with Crippen LogP contribution in [-0.4, -0.2) is 21.5 Å². The molecule has 0 amide bonds. The molecule has 0 aliphatic heterocycles. The van der Waals surface area contributed by atoms with E-state index in [2.05, 4.69) is 41.5 Å². The fraction of sp³-hybridized carbons (Fsp3) is 0.417. The summed E-state index contributed by atoms with van der Waals surface area (Å²) in [5.41, 5.74) is 0.909. The smallest absolute Gasteiger partial charge is 0.224 e. The molecule has 2 rings (SSSR count). The highest BCUT2D eigenvalue weighted by atomic mass is 79.9. The Hall–Kier alpha value is -1.63. The van der Waals surface area contributed by atoms with Crippen LogP contribution in [0.1, 0.15) is 24.3 Å². The van der Waals surface area contributed by atoms with Crippen molar-refractivity contribution in [2.45, 2.75) is 27.3 Å². The molecular formula is C12H16BrN5O. The second kappa shape index (κ2) is 6.01. The second-order valence-corrected chi connectivity index (χ2v) is 4.88. The molecule has 0 aromatic carbocycles. The molecule has 0 aliphatic carbocycles. The lowest BCUT2D eigenvalue weighted by atomic mass is 10.4. The summed E-state index contributed by atoms with van der Waals surface area (Å²) in [6, 6.07) is 0. The summed E-state index contributed by atoms with van der Waals surface area (Å²) in [5.74, 6) is 2.78. The number of nitrogens with zero attached hydrogens (tertiary/aromatic N) is 3. The molecule has 0 radical (unpaired) electrons. The van der Waals surface area contributed by atoms with Gasteiger partial charge in [-0.1, -0.05) is 0 Å². The zero-order valence-corrected chi connectivity index (χ0v) is 12.7. The minimum absolute atomic E-state index is 0.482. The van der Waals surface area contributed by atoms with Crippen LogP contribution in [-0.2, 0) is 6.54 Å². The largest absolute Gasteiger partial charge is 0.444 e. The van der Waals surface area contributed by atoms with Crippen molar-refractivity contribution in [1.82, 2.24) is 15.0 Å². The van der Waals surface area contributed by atoms with Gasteiger partial charge in [-0.15, -0.1) is 0 Å². The maximum absolute atomic E-state index is 5.51. The van der Waals surface area contributed by atoms with Gasteiger partial charge in [0.15, 0.2) is 0 Å². The van der Waals surface area contributed by atoms with E-state index in [0.717, 1.165) is 22.5 Å². The first-order valence-corrected chi connectivity index (χ1v) is 6.82. The van der Waals surface area contributed by atoms with E-state index in [9.17, 15) is 0 Å². The molecule has 6 nitrogen and oxygen atoms in total. The predicted octanol–water partition coefficient (Wildman–Crippen LogP) is 2.89. The Morgan fingerprint density at radius 1 is 1.26 bits per heavy atom. The predicted molar refractivity (Wildman–Crippen MR) is 77.2 cm³/mol. The monoisotopic (exact) mass is 325 g/mol. The fourth-order valence-electron chi connectivity index (χ4n) is 1.51. The van der Waals surface area contributed by atoms with Crippen molar-refractivity contribution in [3.8, 4) is 0 Å². The number of anilines is 2. The minimum Gasteiger partial charge on any atom is -0.444 e. The molecule has 7 heteroatoms. The highest BCUT2D eigenvalue weighted by molar-refractivity contribution is 9.10. The van der Waals surface area contributed by atoms with E-state index in [1.54, 1.807) is 6.20 Å². The first-order valence-electron chi connectivity index (χ1n) is 6.03. The van der Waals surface area contributed by atoms with Crippen LogP contribution in [0.5, 0.6) is 0 Å². The lowest BCUT2D eigenvalue weighted by molar-refractivity contribution is 0.478. The van der Waals surface area contributed by atoms with Gasteiger partial charge in [0.2, 0.25) is 11.8 Å². The molecule has 2 aromatic rings. The molecule has 0 saturated heterocycles. The molecule has 0 bridgehead atoms. The van der Waals surface area contributed by atoms with Crippen molar-refractivity contribution in [3.05, 3.63) is 28.0 Å². The van der Waals surface area contributed by atoms with Gasteiger partial charge < -0.3 is 15.1 Å². The highest BCUT2D eigenvalue weighted by Gasteiger charge is 2.08. The summed E-state index contributed by atoms with van der Waals surface area (Å²) in [5, 5.41) is 6.24. The van der Waals surface area contributed by atoms with Gasteiger partial charge in [-0.3, -0.25) is 0 Å². The Morgan fingerprint density at radius 2 is 2.05 bits per heavy atom. The van der Waals surface area contributed by atoms with Crippen molar-refractivity contribution in [1.29, 1.82) is 0 Å². The van der Waals surface area contributed by atoms with Crippen LogP contribution in [0.3, 0.4) is 0 Å². The van der Waals surface area contributed by atoms with Crippen molar-refractivity contribution < 1.29 is 4.42 Å². The van der Waals surface area contributed by atoms with Gasteiger partial charge in [0.05, 0.1) is 16.7 Å². The van der Waals surface area contributed by atoms with Crippen molar-refractivity contribution in [2.75, 3.05) is 17.2 Å². The second-order valence-electron chi connectivity index (χ2n) is 4.02. The van der Waals surface area contributed by atoms with E-state index in [1.165, 1.54) is 0 Å². The molecule has 2 N–H and O–H groups in total. The number of aryl methyl sites for hydroxylation is 2. The van der Waals surface area contributed by atoms with Crippen LogP contribution >= 0.6 is 15.9 Å². The molecule has 0 aliphatic rings. The van der Waals surface area contributed by atoms with Gasteiger partial charge in [0, 0.05) is 12.7 Å². The molecule has 0 atom stereocenters. The average molecular weight is 326 g/mol. The standard InChI is InChI=1S/C12H16BrN5O/c1-4-14-12-16-5-9(13)11(18-12)15-6-10-17-7(2)8(3)19-10/h5H,4,6H2,1-3H3,(H2,14,15,16,18). The van der Waals surface area contributed by atoms with E-state index in [-0.39, 0.29) is 0 Å². The zero-order chi connectivity index (χ0) is 13.8. The third-order valence-corrected chi connectivity index (χ3v) is 3.14. The van der Waals surface area contributed by atoms with Gasteiger partial charge in [-0.2, -0.15) is 4.98 Å². The SMILES string of the molecule is CCNc1ncc(Br)c(NCc2nc(C)c(C)o2)n1. The number of oxazole rings is 1. The lowest BCUT2D eigenvalue weighted by Crippen LogP contribution is -2.07. The molecule has 0 spiro atoms. The van der Waals surface area contributed by atoms with Crippen LogP contribution in [0, 0.1) is 13.8 Å². The molecule has 19 heavy (non-hydrogen) atoms. The Bertz CT molecular complexity index is 550. The van der Waals surface area contributed by atoms with Crippen molar-refractivity contribution in [2.24, 2.45) is 0 Å².